The molecule has 0 unspecified atom stereocenters. The van der Waals surface area contributed by atoms with Gasteiger partial charge in [-0.05, 0) is 29.2 Å². The lowest BCUT2D eigenvalue weighted by atomic mass is 9.62. The molecular formula is C18H18O2. The zero-order chi connectivity index (χ0) is 13.7. The predicted octanol–water partition coefficient (Wildman–Crippen LogP) is 2.98. The Morgan fingerprint density at radius 1 is 1.00 bits per heavy atom. The second kappa shape index (κ2) is 4.18. The topological polar surface area (TPSA) is 40.5 Å². The molecular weight excluding hydrogens is 248 g/mol. The second-order valence-corrected chi connectivity index (χ2v) is 6.11. The van der Waals surface area contributed by atoms with Crippen molar-refractivity contribution in [2.45, 2.75) is 24.5 Å². The standard InChI is InChI=1S/C18H18O2/c19-17-10-14-9-8-13(17)11-18(14,20)16-7-3-5-12-4-1-2-6-15(12)16/h1-9,13-14,17,19-20H,10-11H2/t13-,14-,17-,18-/m0/s1. The maximum absolute atomic E-state index is 11.3. The van der Waals surface area contributed by atoms with Gasteiger partial charge in [-0.2, -0.15) is 0 Å². The fraction of sp³-hybridized carbons (Fsp3) is 0.333. The zero-order valence-electron chi connectivity index (χ0n) is 11.2. The molecule has 2 nitrogen and oxygen atoms in total. The van der Waals surface area contributed by atoms with Crippen LogP contribution < -0.4 is 0 Å². The summed E-state index contributed by atoms with van der Waals surface area (Å²) < 4.78 is 0. The molecule has 2 N–H and O–H groups in total. The Labute approximate surface area is 118 Å². The fourth-order valence-corrected chi connectivity index (χ4v) is 3.90. The average Bonchev–Trinajstić information content (AvgIpc) is 2.48. The number of aliphatic hydroxyl groups excluding tert-OH is 1. The Balaban J connectivity index is 1.90. The quantitative estimate of drug-likeness (QED) is 0.779. The summed E-state index contributed by atoms with van der Waals surface area (Å²) in [7, 11) is 0. The molecule has 5 rings (SSSR count). The van der Waals surface area contributed by atoms with Crippen molar-refractivity contribution in [1.82, 2.24) is 0 Å². The Hall–Kier alpha value is -1.64. The molecule has 0 aromatic heterocycles. The average molecular weight is 266 g/mol. The van der Waals surface area contributed by atoms with Gasteiger partial charge in [-0.3, -0.25) is 0 Å². The third kappa shape index (κ3) is 1.58. The van der Waals surface area contributed by atoms with Crippen LogP contribution in [0.1, 0.15) is 18.4 Å². The van der Waals surface area contributed by atoms with E-state index in [-0.39, 0.29) is 17.9 Å². The number of rotatable bonds is 1. The van der Waals surface area contributed by atoms with Gasteiger partial charge in [0.25, 0.3) is 0 Å². The summed E-state index contributed by atoms with van der Waals surface area (Å²) in [5, 5.41) is 23.6. The smallest absolute Gasteiger partial charge is 0.0972 e. The highest BCUT2D eigenvalue weighted by Gasteiger charge is 2.48. The number of benzene rings is 2. The van der Waals surface area contributed by atoms with Crippen molar-refractivity contribution in [3.05, 3.63) is 60.2 Å². The highest BCUT2D eigenvalue weighted by atomic mass is 16.3. The molecule has 0 radical (unpaired) electrons. The molecule has 0 amide bonds. The molecule has 2 aromatic rings. The van der Waals surface area contributed by atoms with Crippen LogP contribution in [0, 0.1) is 11.8 Å². The van der Waals surface area contributed by atoms with Crippen molar-refractivity contribution in [3.8, 4) is 0 Å². The fourth-order valence-electron chi connectivity index (χ4n) is 3.90. The van der Waals surface area contributed by atoms with E-state index in [2.05, 4.69) is 30.4 Å². The number of aliphatic hydroxyl groups is 2. The monoisotopic (exact) mass is 266 g/mol. The van der Waals surface area contributed by atoms with E-state index in [1.54, 1.807) is 0 Å². The van der Waals surface area contributed by atoms with E-state index in [1.165, 1.54) is 0 Å². The van der Waals surface area contributed by atoms with Gasteiger partial charge in [-0.1, -0.05) is 54.6 Å². The number of fused-ring (bicyclic) bond motifs is 3. The Morgan fingerprint density at radius 2 is 1.80 bits per heavy atom. The summed E-state index contributed by atoms with van der Waals surface area (Å²) in [5.41, 5.74) is 0.154. The lowest BCUT2D eigenvalue weighted by Gasteiger charge is -2.48. The van der Waals surface area contributed by atoms with Gasteiger partial charge in [0.05, 0.1) is 11.7 Å². The molecule has 0 heterocycles. The van der Waals surface area contributed by atoms with Crippen LogP contribution in [0.5, 0.6) is 0 Å². The lowest BCUT2D eigenvalue weighted by Crippen LogP contribution is -2.48. The molecule has 102 valence electrons. The molecule has 20 heavy (non-hydrogen) atoms. The molecule has 2 bridgehead atoms. The normalized spacial score (nSPS) is 35.6. The van der Waals surface area contributed by atoms with Crippen molar-refractivity contribution in [2.75, 3.05) is 0 Å². The first-order valence-electron chi connectivity index (χ1n) is 7.25. The van der Waals surface area contributed by atoms with Crippen molar-refractivity contribution < 1.29 is 10.2 Å². The van der Waals surface area contributed by atoms with Crippen LogP contribution in [-0.4, -0.2) is 16.3 Å². The molecule has 1 fully saturated rings. The first-order valence-corrected chi connectivity index (χ1v) is 7.25. The molecule has 3 aliphatic rings. The van der Waals surface area contributed by atoms with Crippen molar-refractivity contribution >= 4 is 10.8 Å². The van der Waals surface area contributed by atoms with Gasteiger partial charge in [0.1, 0.15) is 0 Å². The first kappa shape index (κ1) is 12.1. The van der Waals surface area contributed by atoms with Crippen LogP contribution >= 0.6 is 0 Å². The first-order chi connectivity index (χ1) is 9.68. The summed E-state index contributed by atoms with van der Waals surface area (Å²) >= 11 is 0. The molecule has 2 aromatic carbocycles. The van der Waals surface area contributed by atoms with E-state index in [1.807, 2.05) is 24.3 Å². The van der Waals surface area contributed by atoms with Crippen molar-refractivity contribution in [1.29, 1.82) is 0 Å². The highest BCUT2D eigenvalue weighted by Crippen LogP contribution is 2.50. The molecule has 2 heteroatoms. The van der Waals surface area contributed by atoms with E-state index < -0.39 is 5.60 Å². The van der Waals surface area contributed by atoms with Gasteiger partial charge in [-0.15, -0.1) is 0 Å². The number of hydrogen-bond acceptors (Lipinski definition) is 2. The van der Waals surface area contributed by atoms with Crippen LogP contribution in [0.4, 0.5) is 0 Å². The van der Waals surface area contributed by atoms with Crippen molar-refractivity contribution in [2.24, 2.45) is 11.8 Å². The molecule has 0 spiro atoms. The van der Waals surface area contributed by atoms with E-state index in [0.717, 1.165) is 16.3 Å². The van der Waals surface area contributed by atoms with Gasteiger partial charge >= 0.3 is 0 Å². The summed E-state index contributed by atoms with van der Waals surface area (Å²) in [6.45, 7) is 0. The number of hydrogen-bond donors (Lipinski definition) is 2. The highest BCUT2D eigenvalue weighted by molar-refractivity contribution is 5.86. The zero-order valence-corrected chi connectivity index (χ0v) is 11.2. The Bertz CT molecular complexity index is 685. The van der Waals surface area contributed by atoms with Gasteiger partial charge in [0.15, 0.2) is 0 Å². The van der Waals surface area contributed by atoms with Crippen LogP contribution in [-0.2, 0) is 5.60 Å². The minimum Gasteiger partial charge on any atom is -0.392 e. The third-order valence-corrected chi connectivity index (χ3v) is 5.00. The third-order valence-electron chi connectivity index (χ3n) is 5.00. The van der Waals surface area contributed by atoms with Crippen LogP contribution in [0.3, 0.4) is 0 Å². The minimum atomic E-state index is -0.848. The summed E-state index contributed by atoms with van der Waals surface area (Å²) in [5.74, 6) is 0.0808. The molecule has 4 atom stereocenters. The maximum atomic E-state index is 11.3. The SMILES string of the molecule is O[C@H]1C[C@@H]2C=C[C@H]1C[C@@]2(O)c1cccc2ccccc12. The predicted molar refractivity (Wildman–Crippen MR) is 79.2 cm³/mol. The van der Waals surface area contributed by atoms with Crippen molar-refractivity contribution in [3.63, 3.8) is 0 Å². The van der Waals surface area contributed by atoms with E-state index in [4.69, 9.17) is 0 Å². The largest absolute Gasteiger partial charge is 0.392 e. The molecule has 3 aliphatic carbocycles. The summed E-state index contributed by atoms with van der Waals surface area (Å²) in [6, 6.07) is 14.3. The molecule has 1 saturated carbocycles. The van der Waals surface area contributed by atoms with Gasteiger partial charge < -0.3 is 10.2 Å². The molecule has 0 aliphatic heterocycles. The van der Waals surface area contributed by atoms with Crippen LogP contribution in [0.15, 0.2) is 54.6 Å². The lowest BCUT2D eigenvalue weighted by molar-refractivity contribution is -0.0951. The van der Waals surface area contributed by atoms with Gasteiger partial charge in [-0.25, -0.2) is 0 Å². The maximum Gasteiger partial charge on any atom is 0.0972 e. The molecule has 0 saturated heterocycles. The van der Waals surface area contributed by atoms with E-state index in [0.29, 0.717) is 12.8 Å². The van der Waals surface area contributed by atoms with Gasteiger partial charge in [0, 0.05) is 11.8 Å². The van der Waals surface area contributed by atoms with Crippen LogP contribution in [0.2, 0.25) is 0 Å². The second-order valence-electron chi connectivity index (χ2n) is 6.11. The Morgan fingerprint density at radius 3 is 2.55 bits per heavy atom. The van der Waals surface area contributed by atoms with E-state index >= 15 is 0 Å². The van der Waals surface area contributed by atoms with E-state index in [9.17, 15) is 10.2 Å². The summed E-state index contributed by atoms with van der Waals surface area (Å²) in [6.07, 6.45) is 5.12. The van der Waals surface area contributed by atoms with Gasteiger partial charge in [0.2, 0.25) is 0 Å². The Kier molecular flexibility index (Phi) is 2.53. The minimum absolute atomic E-state index is 0.00769. The summed E-state index contributed by atoms with van der Waals surface area (Å²) in [4.78, 5) is 0. The van der Waals surface area contributed by atoms with Crippen LogP contribution in [0.25, 0.3) is 10.8 Å².